The summed E-state index contributed by atoms with van der Waals surface area (Å²) in [6.45, 7) is 6.63. The summed E-state index contributed by atoms with van der Waals surface area (Å²) < 4.78 is 25.3. The van der Waals surface area contributed by atoms with Crippen LogP contribution < -0.4 is 15.4 Å². The molecule has 1 unspecified atom stereocenters. The molecule has 8 heteroatoms. The maximum atomic E-state index is 12.0. The molecule has 1 aliphatic heterocycles. The van der Waals surface area contributed by atoms with Crippen molar-refractivity contribution < 1.29 is 13.2 Å². The van der Waals surface area contributed by atoms with Gasteiger partial charge in [0.15, 0.2) is 0 Å². The Kier molecular flexibility index (Phi) is 6.80. The van der Waals surface area contributed by atoms with E-state index in [1.54, 1.807) is 12.1 Å². The van der Waals surface area contributed by atoms with Crippen molar-refractivity contribution in [1.29, 1.82) is 0 Å². The summed E-state index contributed by atoms with van der Waals surface area (Å²) in [7, 11) is -1.87. The van der Waals surface area contributed by atoms with E-state index in [9.17, 15) is 13.2 Å². The third-order valence-corrected chi connectivity index (χ3v) is 5.76. The third kappa shape index (κ3) is 6.30. The van der Waals surface area contributed by atoms with Crippen LogP contribution in [0.25, 0.3) is 0 Å². The van der Waals surface area contributed by atoms with Crippen molar-refractivity contribution in [2.75, 3.05) is 20.1 Å². The Balaban J connectivity index is 1.76. The van der Waals surface area contributed by atoms with Gasteiger partial charge < -0.3 is 10.6 Å². The molecule has 1 heterocycles. The van der Waals surface area contributed by atoms with E-state index in [4.69, 9.17) is 0 Å². The molecule has 0 bridgehead atoms. The molecule has 1 fully saturated rings. The molecule has 0 aromatic heterocycles. The van der Waals surface area contributed by atoms with Gasteiger partial charge in [0.1, 0.15) is 0 Å². The monoisotopic (exact) mass is 368 g/mol. The number of sulfonamides is 1. The molecule has 25 heavy (non-hydrogen) atoms. The maximum absolute atomic E-state index is 12.0. The summed E-state index contributed by atoms with van der Waals surface area (Å²) in [5.74, 6) is -0.0499. The van der Waals surface area contributed by atoms with Crippen LogP contribution in [0.1, 0.15) is 31.4 Å². The highest BCUT2D eigenvalue weighted by Gasteiger charge is 2.25. The first kappa shape index (κ1) is 19.7. The quantitative estimate of drug-likeness (QED) is 0.670. The number of nitrogens with zero attached hydrogens (tertiary/aromatic N) is 1. The fourth-order valence-electron chi connectivity index (χ4n) is 2.84. The number of carbonyl (C=O) groups is 1. The fourth-order valence-corrected chi connectivity index (χ4v) is 3.61. The fraction of sp³-hybridized carbons (Fsp3) is 0.588. The number of hydrogen-bond donors (Lipinski definition) is 3. The van der Waals surface area contributed by atoms with Crippen molar-refractivity contribution in [3.05, 3.63) is 35.4 Å². The molecule has 1 aromatic carbocycles. The lowest BCUT2D eigenvalue weighted by molar-refractivity contribution is 0.233. The largest absolute Gasteiger partial charge is 0.334 e. The Morgan fingerprint density at radius 3 is 2.44 bits per heavy atom. The Labute approximate surface area is 150 Å². The van der Waals surface area contributed by atoms with Gasteiger partial charge in [0.25, 0.3) is 0 Å². The van der Waals surface area contributed by atoms with Crippen molar-refractivity contribution in [2.24, 2.45) is 0 Å². The molecule has 3 N–H and O–H groups in total. The molecule has 1 aromatic rings. The molecule has 2 amide bonds. The summed E-state index contributed by atoms with van der Waals surface area (Å²) in [4.78, 5) is 14.4. The van der Waals surface area contributed by atoms with E-state index in [2.05, 4.69) is 34.1 Å². The average molecular weight is 369 g/mol. The van der Waals surface area contributed by atoms with Gasteiger partial charge in [-0.05, 0) is 38.4 Å². The van der Waals surface area contributed by atoms with Crippen molar-refractivity contribution in [3.8, 4) is 0 Å². The van der Waals surface area contributed by atoms with Crippen LogP contribution in [-0.2, 0) is 22.3 Å². The minimum absolute atomic E-state index is 0.0499. The van der Waals surface area contributed by atoms with E-state index in [1.165, 1.54) is 7.05 Å². The zero-order valence-electron chi connectivity index (χ0n) is 15.1. The molecule has 7 nitrogen and oxygen atoms in total. The molecule has 1 aliphatic rings. The van der Waals surface area contributed by atoms with Crippen molar-refractivity contribution in [3.63, 3.8) is 0 Å². The standard InChI is InChI=1S/C17H28N4O3S/c1-13(2)21-9-8-16(11-21)20-17(22)19-10-14-4-6-15(7-5-14)12-25(23,24)18-3/h4-7,13,16,18H,8-12H2,1-3H3,(H2,19,20,22). The Morgan fingerprint density at radius 1 is 1.24 bits per heavy atom. The summed E-state index contributed by atoms with van der Waals surface area (Å²) in [5, 5.41) is 5.85. The van der Waals surface area contributed by atoms with Crippen LogP contribution >= 0.6 is 0 Å². The number of urea groups is 1. The van der Waals surface area contributed by atoms with E-state index in [0.717, 1.165) is 25.1 Å². The summed E-state index contributed by atoms with van der Waals surface area (Å²) in [6.07, 6.45) is 0.972. The Bertz CT molecular complexity index is 674. The first-order valence-electron chi connectivity index (χ1n) is 8.56. The van der Waals surface area contributed by atoms with Gasteiger partial charge in [-0.1, -0.05) is 24.3 Å². The highest BCUT2D eigenvalue weighted by Crippen LogP contribution is 2.12. The van der Waals surface area contributed by atoms with Crippen LogP contribution in [0, 0.1) is 0 Å². The van der Waals surface area contributed by atoms with Gasteiger partial charge in [-0.15, -0.1) is 0 Å². The minimum Gasteiger partial charge on any atom is -0.334 e. The number of nitrogens with one attached hydrogen (secondary N) is 3. The van der Waals surface area contributed by atoms with Crippen LogP contribution in [0.5, 0.6) is 0 Å². The predicted molar refractivity (Wildman–Crippen MR) is 98.6 cm³/mol. The smallest absolute Gasteiger partial charge is 0.315 e. The maximum Gasteiger partial charge on any atom is 0.315 e. The van der Waals surface area contributed by atoms with Crippen molar-refractivity contribution in [2.45, 2.75) is 44.6 Å². The summed E-state index contributed by atoms with van der Waals surface area (Å²) in [5.41, 5.74) is 1.64. The van der Waals surface area contributed by atoms with Gasteiger partial charge in [-0.3, -0.25) is 4.90 Å². The van der Waals surface area contributed by atoms with Crippen molar-refractivity contribution in [1.82, 2.24) is 20.3 Å². The number of hydrogen-bond acceptors (Lipinski definition) is 4. The van der Waals surface area contributed by atoms with Crippen LogP contribution in [-0.4, -0.2) is 51.6 Å². The molecular formula is C17H28N4O3S. The van der Waals surface area contributed by atoms with Gasteiger partial charge in [-0.2, -0.15) is 0 Å². The van der Waals surface area contributed by atoms with E-state index < -0.39 is 10.0 Å². The second kappa shape index (κ2) is 8.64. The molecule has 0 radical (unpaired) electrons. The molecule has 0 spiro atoms. The average Bonchev–Trinajstić information content (AvgIpc) is 3.03. The van der Waals surface area contributed by atoms with Crippen LogP contribution in [0.4, 0.5) is 4.79 Å². The summed E-state index contributed by atoms with van der Waals surface area (Å²) >= 11 is 0. The topological polar surface area (TPSA) is 90.5 Å². The van der Waals surface area contributed by atoms with Gasteiger partial charge in [0, 0.05) is 31.7 Å². The lowest BCUT2D eigenvalue weighted by atomic mass is 10.1. The van der Waals surface area contributed by atoms with Crippen LogP contribution in [0.15, 0.2) is 24.3 Å². The van der Waals surface area contributed by atoms with E-state index in [0.29, 0.717) is 18.2 Å². The first-order valence-corrected chi connectivity index (χ1v) is 10.2. The molecule has 1 saturated heterocycles. The van der Waals surface area contributed by atoms with Crippen LogP contribution in [0.2, 0.25) is 0 Å². The van der Waals surface area contributed by atoms with E-state index in [1.807, 2.05) is 12.1 Å². The van der Waals surface area contributed by atoms with Crippen molar-refractivity contribution >= 4 is 16.1 Å². The second-order valence-corrected chi connectivity index (χ2v) is 8.61. The van der Waals surface area contributed by atoms with Gasteiger partial charge in [-0.25, -0.2) is 17.9 Å². The lowest BCUT2D eigenvalue weighted by Crippen LogP contribution is -2.43. The molecular weight excluding hydrogens is 340 g/mol. The number of carbonyl (C=O) groups excluding carboxylic acids is 1. The SMILES string of the molecule is CNS(=O)(=O)Cc1ccc(CNC(=O)NC2CCN(C(C)C)C2)cc1. The third-order valence-electron chi connectivity index (χ3n) is 4.43. The second-order valence-electron chi connectivity index (χ2n) is 6.68. The minimum atomic E-state index is -3.27. The molecule has 1 atom stereocenters. The predicted octanol–water partition coefficient (Wildman–Crippen LogP) is 1.02. The highest BCUT2D eigenvalue weighted by atomic mass is 32.2. The molecule has 0 saturated carbocycles. The highest BCUT2D eigenvalue weighted by molar-refractivity contribution is 7.88. The van der Waals surface area contributed by atoms with Gasteiger partial charge >= 0.3 is 6.03 Å². The van der Waals surface area contributed by atoms with Gasteiger partial charge in [0.05, 0.1) is 5.75 Å². The van der Waals surface area contributed by atoms with Crippen LogP contribution in [0.3, 0.4) is 0 Å². The Hall–Kier alpha value is -1.64. The Morgan fingerprint density at radius 2 is 1.88 bits per heavy atom. The van der Waals surface area contributed by atoms with E-state index >= 15 is 0 Å². The normalized spacial score (nSPS) is 18.5. The number of amides is 2. The molecule has 140 valence electrons. The number of rotatable bonds is 7. The molecule has 0 aliphatic carbocycles. The molecule has 2 rings (SSSR count). The summed E-state index contributed by atoms with van der Waals surface area (Å²) in [6, 6.07) is 7.71. The van der Waals surface area contributed by atoms with Gasteiger partial charge in [0.2, 0.25) is 10.0 Å². The van der Waals surface area contributed by atoms with E-state index in [-0.39, 0.29) is 17.8 Å². The zero-order valence-corrected chi connectivity index (χ0v) is 15.9. The number of benzene rings is 1. The lowest BCUT2D eigenvalue weighted by Gasteiger charge is -2.20. The number of likely N-dealkylation sites (tertiary alicyclic amines) is 1. The first-order chi connectivity index (χ1) is 11.8. The zero-order chi connectivity index (χ0) is 18.4.